The van der Waals surface area contributed by atoms with E-state index in [2.05, 4.69) is 21.9 Å². The van der Waals surface area contributed by atoms with E-state index in [1.807, 2.05) is 18.2 Å². The standard InChI is InChI=1S/C16H20ClN3/c17-14-4-2-5-15(11-14)19-7-9-20(10-8-19)16-6-1-3-13(16)12-18/h2,4-5,11,13,16H,1,3,6-10H2. The van der Waals surface area contributed by atoms with Crippen LogP contribution < -0.4 is 4.90 Å². The Morgan fingerprint density at radius 1 is 1.15 bits per heavy atom. The normalized spacial score (nSPS) is 27.5. The second-order valence-electron chi connectivity index (χ2n) is 5.74. The van der Waals surface area contributed by atoms with Gasteiger partial charge in [0, 0.05) is 42.9 Å². The third-order valence-corrected chi connectivity index (χ3v) is 4.84. The number of anilines is 1. The lowest BCUT2D eigenvalue weighted by Gasteiger charge is -2.40. The van der Waals surface area contributed by atoms with Gasteiger partial charge in [-0.15, -0.1) is 0 Å². The van der Waals surface area contributed by atoms with E-state index in [0.717, 1.165) is 37.6 Å². The largest absolute Gasteiger partial charge is 0.369 e. The Labute approximate surface area is 125 Å². The molecule has 0 spiro atoms. The molecule has 1 heterocycles. The summed E-state index contributed by atoms with van der Waals surface area (Å²) in [4.78, 5) is 4.90. The molecule has 0 N–H and O–H groups in total. The predicted octanol–water partition coefficient (Wildman–Crippen LogP) is 3.15. The van der Waals surface area contributed by atoms with E-state index >= 15 is 0 Å². The fraction of sp³-hybridized carbons (Fsp3) is 0.562. The highest BCUT2D eigenvalue weighted by Gasteiger charge is 2.33. The molecular weight excluding hydrogens is 270 g/mol. The van der Waals surface area contributed by atoms with E-state index in [9.17, 15) is 5.26 Å². The molecule has 1 aromatic rings. The number of benzene rings is 1. The Kier molecular flexibility index (Phi) is 4.14. The highest BCUT2D eigenvalue weighted by Crippen LogP contribution is 2.30. The Balaban J connectivity index is 1.61. The molecule has 0 aromatic heterocycles. The van der Waals surface area contributed by atoms with Crippen molar-refractivity contribution in [3.8, 4) is 6.07 Å². The van der Waals surface area contributed by atoms with Gasteiger partial charge in [0.1, 0.15) is 0 Å². The summed E-state index contributed by atoms with van der Waals surface area (Å²) >= 11 is 6.06. The Bertz CT molecular complexity index is 503. The third-order valence-electron chi connectivity index (χ3n) is 4.60. The summed E-state index contributed by atoms with van der Waals surface area (Å²) in [6, 6.07) is 11.0. The molecule has 106 valence electrons. The molecule has 2 unspecified atom stereocenters. The third kappa shape index (κ3) is 2.77. The van der Waals surface area contributed by atoms with Gasteiger partial charge in [0.25, 0.3) is 0 Å². The molecule has 0 bridgehead atoms. The van der Waals surface area contributed by atoms with Crippen molar-refractivity contribution in [2.45, 2.75) is 25.3 Å². The minimum Gasteiger partial charge on any atom is -0.369 e. The number of rotatable bonds is 2. The topological polar surface area (TPSA) is 30.3 Å². The van der Waals surface area contributed by atoms with Crippen molar-refractivity contribution < 1.29 is 0 Å². The number of halogens is 1. The molecule has 1 aliphatic heterocycles. The molecule has 1 saturated heterocycles. The number of hydrogen-bond acceptors (Lipinski definition) is 3. The molecule has 20 heavy (non-hydrogen) atoms. The first-order valence-electron chi connectivity index (χ1n) is 7.42. The van der Waals surface area contributed by atoms with Gasteiger partial charge in [0.05, 0.1) is 12.0 Å². The first-order chi connectivity index (χ1) is 9.78. The summed E-state index contributed by atoms with van der Waals surface area (Å²) in [5, 5.41) is 10.0. The molecule has 1 saturated carbocycles. The van der Waals surface area contributed by atoms with Crippen LogP contribution in [0.4, 0.5) is 5.69 Å². The minimum atomic E-state index is 0.243. The van der Waals surface area contributed by atoms with Crippen LogP contribution in [0.15, 0.2) is 24.3 Å². The molecular formula is C16H20ClN3. The van der Waals surface area contributed by atoms with Gasteiger partial charge < -0.3 is 4.90 Å². The SMILES string of the molecule is N#CC1CCCC1N1CCN(c2cccc(Cl)c2)CC1. The van der Waals surface area contributed by atoms with Gasteiger partial charge >= 0.3 is 0 Å². The van der Waals surface area contributed by atoms with Crippen LogP contribution in [0.1, 0.15) is 19.3 Å². The lowest BCUT2D eigenvalue weighted by molar-refractivity contribution is 0.168. The molecule has 1 aliphatic carbocycles. The van der Waals surface area contributed by atoms with Gasteiger partial charge in [-0.3, -0.25) is 4.90 Å². The van der Waals surface area contributed by atoms with Crippen molar-refractivity contribution in [2.75, 3.05) is 31.1 Å². The Morgan fingerprint density at radius 3 is 2.65 bits per heavy atom. The van der Waals surface area contributed by atoms with Crippen LogP contribution in [0.2, 0.25) is 5.02 Å². The zero-order chi connectivity index (χ0) is 13.9. The van der Waals surface area contributed by atoms with Crippen LogP contribution in [0, 0.1) is 17.2 Å². The van der Waals surface area contributed by atoms with Gasteiger partial charge in [-0.1, -0.05) is 24.1 Å². The summed E-state index contributed by atoms with van der Waals surface area (Å²) in [5.41, 5.74) is 1.21. The van der Waals surface area contributed by atoms with Gasteiger partial charge in [-0.25, -0.2) is 0 Å². The van der Waals surface area contributed by atoms with Crippen molar-refractivity contribution in [1.82, 2.24) is 4.90 Å². The van der Waals surface area contributed by atoms with E-state index < -0.39 is 0 Å². The smallest absolute Gasteiger partial charge is 0.0672 e. The highest BCUT2D eigenvalue weighted by molar-refractivity contribution is 6.30. The molecule has 3 rings (SSSR count). The summed E-state index contributed by atoms with van der Waals surface area (Å²) in [6.45, 7) is 4.15. The van der Waals surface area contributed by atoms with E-state index in [1.165, 1.54) is 18.5 Å². The summed E-state index contributed by atoms with van der Waals surface area (Å²) in [7, 11) is 0. The van der Waals surface area contributed by atoms with E-state index in [0.29, 0.717) is 6.04 Å². The number of nitriles is 1. The van der Waals surface area contributed by atoms with Crippen LogP contribution in [0.3, 0.4) is 0 Å². The van der Waals surface area contributed by atoms with Crippen molar-refractivity contribution in [1.29, 1.82) is 5.26 Å². The average Bonchev–Trinajstić information content (AvgIpc) is 2.96. The Hall–Kier alpha value is -1.24. The monoisotopic (exact) mass is 289 g/mol. The van der Waals surface area contributed by atoms with Gasteiger partial charge in [0.2, 0.25) is 0 Å². The lowest BCUT2D eigenvalue weighted by atomic mass is 10.0. The maximum atomic E-state index is 9.23. The van der Waals surface area contributed by atoms with Crippen LogP contribution in [0.25, 0.3) is 0 Å². The maximum absolute atomic E-state index is 9.23. The average molecular weight is 290 g/mol. The molecule has 0 amide bonds. The maximum Gasteiger partial charge on any atom is 0.0672 e. The van der Waals surface area contributed by atoms with Gasteiger partial charge in [-0.2, -0.15) is 5.26 Å². The first-order valence-corrected chi connectivity index (χ1v) is 7.80. The number of nitrogens with zero attached hydrogens (tertiary/aromatic N) is 3. The zero-order valence-electron chi connectivity index (χ0n) is 11.6. The molecule has 2 atom stereocenters. The summed E-state index contributed by atoms with van der Waals surface area (Å²) in [6.07, 6.45) is 3.47. The molecule has 2 aliphatic rings. The molecule has 1 aromatic carbocycles. The van der Waals surface area contributed by atoms with Gasteiger partial charge in [0.15, 0.2) is 0 Å². The second kappa shape index (κ2) is 6.03. The minimum absolute atomic E-state index is 0.243. The van der Waals surface area contributed by atoms with Crippen LogP contribution in [0.5, 0.6) is 0 Å². The molecule has 2 fully saturated rings. The first kappa shape index (κ1) is 13.7. The predicted molar refractivity (Wildman–Crippen MR) is 82.0 cm³/mol. The van der Waals surface area contributed by atoms with Gasteiger partial charge in [-0.05, 0) is 31.0 Å². The molecule has 4 heteroatoms. The zero-order valence-corrected chi connectivity index (χ0v) is 12.4. The number of piperazine rings is 1. The van der Waals surface area contributed by atoms with Crippen LogP contribution >= 0.6 is 11.6 Å². The summed E-state index contributed by atoms with van der Waals surface area (Å²) < 4.78 is 0. The van der Waals surface area contributed by atoms with E-state index in [4.69, 9.17) is 11.6 Å². The summed E-state index contributed by atoms with van der Waals surface area (Å²) in [5.74, 6) is 0.243. The second-order valence-corrected chi connectivity index (χ2v) is 6.17. The van der Waals surface area contributed by atoms with Crippen molar-refractivity contribution in [3.63, 3.8) is 0 Å². The van der Waals surface area contributed by atoms with Crippen molar-refractivity contribution in [3.05, 3.63) is 29.3 Å². The Morgan fingerprint density at radius 2 is 1.95 bits per heavy atom. The fourth-order valence-electron chi connectivity index (χ4n) is 3.51. The van der Waals surface area contributed by atoms with E-state index in [1.54, 1.807) is 0 Å². The highest BCUT2D eigenvalue weighted by atomic mass is 35.5. The molecule has 0 radical (unpaired) electrons. The van der Waals surface area contributed by atoms with Crippen molar-refractivity contribution in [2.24, 2.45) is 5.92 Å². The molecule has 3 nitrogen and oxygen atoms in total. The van der Waals surface area contributed by atoms with Crippen LogP contribution in [-0.4, -0.2) is 37.1 Å². The lowest BCUT2D eigenvalue weighted by Crippen LogP contribution is -2.51. The van der Waals surface area contributed by atoms with Crippen LogP contribution in [-0.2, 0) is 0 Å². The number of hydrogen-bond donors (Lipinski definition) is 0. The van der Waals surface area contributed by atoms with Crippen molar-refractivity contribution >= 4 is 17.3 Å². The van der Waals surface area contributed by atoms with E-state index in [-0.39, 0.29) is 5.92 Å². The fourth-order valence-corrected chi connectivity index (χ4v) is 3.70. The quantitative estimate of drug-likeness (QED) is 0.838.